The lowest BCUT2D eigenvalue weighted by atomic mass is 10.1. The number of nitrogens with zero attached hydrogens (tertiary/aromatic N) is 4. The van der Waals surface area contributed by atoms with E-state index in [2.05, 4.69) is 32.0 Å². The summed E-state index contributed by atoms with van der Waals surface area (Å²) in [6, 6.07) is 11.8. The molecular weight excluding hydrogens is 346 g/mol. The fourth-order valence-corrected chi connectivity index (χ4v) is 4.08. The molecule has 1 aliphatic heterocycles. The molecule has 3 heterocycles. The van der Waals surface area contributed by atoms with Crippen LogP contribution in [0, 0.1) is 0 Å². The van der Waals surface area contributed by atoms with Gasteiger partial charge in [0.1, 0.15) is 5.69 Å². The average molecular weight is 367 g/mol. The Morgan fingerprint density at radius 3 is 3.00 bits per heavy atom. The molecule has 1 aromatic carbocycles. The fraction of sp³-hybridized carbons (Fsp3) is 0.316. The number of para-hydroxylation sites is 1. The maximum absolute atomic E-state index is 12.4. The Morgan fingerprint density at radius 2 is 2.15 bits per heavy atom. The van der Waals surface area contributed by atoms with E-state index in [4.69, 9.17) is 0 Å². The number of rotatable bonds is 5. The second-order valence-electron chi connectivity index (χ2n) is 6.54. The van der Waals surface area contributed by atoms with Crippen molar-refractivity contribution in [1.82, 2.24) is 25.2 Å². The molecule has 2 aromatic heterocycles. The highest BCUT2D eigenvalue weighted by Gasteiger charge is 2.20. The molecule has 134 valence electrons. The van der Waals surface area contributed by atoms with Crippen molar-refractivity contribution in [2.75, 3.05) is 13.1 Å². The van der Waals surface area contributed by atoms with Crippen molar-refractivity contribution >= 4 is 17.2 Å². The molecule has 4 rings (SSSR count). The van der Waals surface area contributed by atoms with Crippen molar-refractivity contribution < 1.29 is 4.79 Å². The number of hydrogen-bond donors (Lipinski definition) is 1. The smallest absolute Gasteiger partial charge is 0.234 e. The zero-order chi connectivity index (χ0) is 17.9. The molecule has 6 nitrogen and oxygen atoms in total. The first kappa shape index (κ1) is 16.9. The van der Waals surface area contributed by atoms with E-state index in [-0.39, 0.29) is 11.9 Å². The third kappa shape index (κ3) is 3.68. The SMILES string of the molecule is C[C@@H](NC(=O)CN1CCc2sccc2C1)c1cn(-c2ccccc2)nn1. The number of hydrogen-bond acceptors (Lipinski definition) is 5. The van der Waals surface area contributed by atoms with Gasteiger partial charge < -0.3 is 5.32 Å². The number of carbonyl (C=O) groups excluding carboxylic acids is 1. The van der Waals surface area contributed by atoms with Crippen LogP contribution in [-0.4, -0.2) is 38.9 Å². The van der Waals surface area contributed by atoms with E-state index in [1.165, 1.54) is 10.4 Å². The van der Waals surface area contributed by atoms with Gasteiger partial charge in [0, 0.05) is 18.0 Å². The lowest BCUT2D eigenvalue weighted by molar-refractivity contribution is -0.123. The fourth-order valence-electron chi connectivity index (χ4n) is 3.19. The first-order chi connectivity index (χ1) is 12.7. The Balaban J connectivity index is 1.34. The van der Waals surface area contributed by atoms with E-state index in [0.29, 0.717) is 6.54 Å². The molecule has 0 spiro atoms. The van der Waals surface area contributed by atoms with Crippen LogP contribution in [0.25, 0.3) is 5.69 Å². The normalized spacial score (nSPS) is 15.4. The van der Waals surface area contributed by atoms with Gasteiger partial charge >= 0.3 is 0 Å². The van der Waals surface area contributed by atoms with Gasteiger partial charge in [0.15, 0.2) is 0 Å². The quantitative estimate of drug-likeness (QED) is 0.753. The number of aromatic nitrogens is 3. The number of benzene rings is 1. The van der Waals surface area contributed by atoms with Crippen LogP contribution in [0.1, 0.15) is 29.1 Å². The Bertz CT molecular complexity index is 888. The molecule has 0 saturated carbocycles. The van der Waals surface area contributed by atoms with Gasteiger partial charge in [-0.05, 0) is 42.5 Å². The summed E-state index contributed by atoms with van der Waals surface area (Å²) < 4.78 is 1.72. The molecule has 3 aromatic rings. The van der Waals surface area contributed by atoms with Crippen LogP contribution in [0.15, 0.2) is 48.0 Å². The molecular formula is C19H21N5OS. The molecule has 1 N–H and O–H groups in total. The Morgan fingerprint density at radius 1 is 1.31 bits per heavy atom. The largest absolute Gasteiger partial charge is 0.347 e. The second kappa shape index (κ2) is 7.39. The standard InChI is InChI=1S/C19H21N5OS/c1-14(17-12-24(22-21-17)16-5-3-2-4-6-16)20-19(25)13-23-9-7-18-15(11-23)8-10-26-18/h2-6,8,10,12,14H,7,9,11,13H2,1H3,(H,20,25)/t14-/m1/s1. The zero-order valence-electron chi connectivity index (χ0n) is 14.6. The first-order valence-electron chi connectivity index (χ1n) is 8.73. The van der Waals surface area contributed by atoms with Gasteiger partial charge in [-0.1, -0.05) is 23.4 Å². The van der Waals surface area contributed by atoms with Crippen LogP contribution in [0.4, 0.5) is 0 Å². The van der Waals surface area contributed by atoms with Gasteiger partial charge in [-0.2, -0.15) is 0 Å². The molecule has 1 aliphatic rings. The molecule has 7 heteroatoms. The van der Waals surface area contributed by atoms with Crippen LogP contribution in [0.2, 0.25) is 0 Å². The van der Waals surface area contributed by atoms with Crippen molar-refractivity contribution in [3.05, 3.63) is 64.1 Å². The maximum Gasteiger partial charge on any atom is 0.234 e. The van der Waals surface area contributed by atoms with Gasteiger partial charge in [-0.3, -0.25) is 9.69 Å². The van der Waals surface area contributed by atoms with Crippen molar-refractivity contribution in [2.24, 2.45) is 0 Å². The van der Waals surface area contributed by atoms with Crippen molar-refractivity contribution in [1.29, 1.82) is 0 Å². The number of fused-ring (bicyclic) bond motifs is 1. The van der Waals surface area contributed by atoms with Crippen LogP contribution in [0.3, 0.4) is 0 Å². The first-order valence-corrected chi connectivity index (χ1v) is 9.61. The minimum absolute atomic E-state index is 0.0189. The lowest BCUT2D eigenvalue weighted by Gasteiger charge is -2.26. The molecule has 0 bridgehead atoms. The summed E-state index contributed by atoms with van der Waals surface area (Å²) in [6.45, 7) is 4.13. The van der Waals surface area contributed by atoms with Gasteiger partial charge in [0.05, 0.1) is 24.5 Å². The van der Waals surface area contributed by atoms with Crippen molar-refractivity contribution in [3.63, 3.8) is 0 Å². The molecule has 0 fully saturated rings. The summed E-state index contributed by atoms with van der Waals surface area (Å²) in [4.78, 5) is 16.1. The summed E-state index contributed by atoms with van der Waals surface area (Å²) in [7, 11) is 0. The molecule has 0 unspecified atom stereocenters. The van der Waals surface area contributed by atoms with Crippen LogP contribution >= 0.6 is 11.3 Å². The summed E-state index contributed by atoms with van der Waals surface area (Å²) in [5.74, 6) is 0.0189. The molecule has 0 aliphatic carbocycles. The molecule has 1 amide bonds. The third-order valence-electron chi connectivity index (χ3n) is 4.61. The summed E-state index contributed by atoms with van der Waals surface area (Å²) in [6.07, 6.45) is 2.89. The number of nitrogens with one attached hydrogen (secondary N) is 1. The topological polar surface area (TPSA) is 63.1 Å². The predicted molar refractivity (Wildman–Crippen MR) is 101 cm³/mol. The monoisotopic (exact) mass is 367 g/mol. The van der Waals surface area contributed by atoms with E-state index < -0.39 is 0 Å². The van der Waals surface area contributed by atoms with Crippen LogP contribution in [-0.2, 0) is 17.8 Å². The highest BCUT2D eigenvalue weighted by Crippen LogP contribution is 2.23. The number of amides is 1. The summed E-state index contributed by atoms with van der Waals surface area (Å²) >= 11 is 1.81. The minimum atomic E-state index is -0.179. The van der Waals surface area contributed by atoms with E-state index in [0.717, 1.165) is 30.9 Å². The molecule has 0 radical (unpaired) electrons. The Labute approximate surface area is 156 Å². The van der Waals surface area contributed by atoms with E-state index in [1.54, 1.807) is 4.68 Å². The Kier molecular flexibility index (Phi) is 4.81. The van der Waals surface area contributed by atoms with E-state index in [1.807, 2.05) is 54.8 Å². The highest BCUT2D eigenvalue weighted by molar-refractivity contribution is 7.10. The third-order valence-corrected chi connectivity index (χ3v) is 5.63. The molecule has 1 atom stereocenters. The van der Waals surface area contributed by atoms with Crippen molar-refractivity contribution in [2.45, 2.75) is 25.9 Å². The average Bonchev–Trinajstić information content (AvgIpc) is 3.31. The second-order valence-corrected chi connectivity index (χ2v) is 7.54. The summed E-state index contributed by atoms with van der Waals surface area (Å²) in [5, 5.41) is 13.5. The van der Waals surface area contributed by atoms with Crippen LogP contribution in [0.5, 0.6) is 0 Å². The number of carbonyl (C=O) groups is 1. The summed E-state index contributed by atoms with van der Waals surface area (Å²) in [5.41, 5.74) is 3.05. The van der Waals surface area contributed by atoms with Gasteiger partial charge in [0.2, 0.25) is 5.91 Å². The molecule has 26 heavy (non-hydrogen) atoms. The molecule has 0 saturated heterocycles. The van der Waals surface area contributed by atoms with E-state index >= 15 is 0 Å². The lowest BCUT2D eigenvalue weighted by Crippen LogP contribution is -2.40. The predicted octanol–water partition coefficient (Wildman–Crippen LogP) is 2.56. The highest BCUT2D eigenvalue weighted by atomic mass is 32.1. The van der Waals surface area contributed by atoms with Gasteiger partial charge in [-0.25, -0.2) is 4.68 Å². The maximum atomic E-state index is 12.4. The minimum Gasteiger partial charge on any atom is -0.347 e. The zero-order valence-corrected chi connectivity index (χ0v) is 15.4. The van der Waals surface area contributed by atoms with Crippen LogP contribution < -0.4 is 5.32 Å². The van der Waals surface area contributed by atoms with Gasteiger partial charge in [-0.15, -0.1) is 16.4 Å². The number of thiophene rings is 1. The van der Waals surface area contributed by atoms with Gasteiger partial charge in [0.25, 0.3) is 0 Å². The van der Waals surface area contributed by atoms with E-state index in [9.17, 15) is 4.79 Å². The van der Waals surface area contributed by atoms with Crippen molar-refractivity contribution in [3.8, 4) is 5.69 Å². The Hall–Kier alpha value is -2.51.